The number of aliphatic hydroxyl groups excluding tert-OH is 1. The fourth-order valence-electron chi connectivity index (χ4n) is 2.33. The smallest absolute Gasteiger partial charge is 0.242 e. The quantitative estimate of drug-likeness (QED) is 0.746. The average Bonchev–Trinajstić information content (AvgIpc) is 2.28. The minimum absolute atomic E-state index is 0.0131. The second kappa shape index (κ2) is 5.64. The van der Waals surface area contributed by atoms with Gasteiger partial charge in [-0.05, 0) is 39.7 Å². The maximum absolute atomic E-state index is 12.3. The van der Waals surface area contributed by atoms with Gasteiger partial charge in [-0.3, -0.25) is 4.79 Å². The zero-order valence-electron chi connectivity index (χ0n) is 10.6. The van der Waals surface area contributed by atoms with Gasteiger partial charge in [0.2, 0.25) is 5.91 Å². The molecule has 94 valence electrons. The predicted octanol–water partition coefficient (Wildman–Crippen LogP) is 0.748. The van der Waals surface area contributed by atoms with Gasteiger partial charge in [0.25, 0.3) is 0 Å². The molecule has 1 atom stereocenters. The van der Waals surface area contributed by atoms with Crippen molar-refractivity contribution < 1.29 is 9.90 Å². The molecule has 0 bridgehead atoms. The van der Waals surface area contributed by atoms with Crippen LogP contribution in [0.25, 0.3) is 0 Å². The van der Waals surface area contributed by atoms with E-state index in [-0.39, 0.29) is 18.6 Å². The van der Waals surface area contributed by atoms with Crippen LogP contribution in [0.1, 0.15) is 40.0 Å². The third-order valence-electron chi connectivity index (χ3n) is 3.25. The van der Waals surface area contributed by atoms with E-state index in [0.717, 1.165) is 32.4 Å². The lowest BCUT2D eigenvalue weighted by atomic mass is 9.97. The summed E-state index contributed by atoms with van der Waals surface area (Å²) in [5, 5.41) is 12.5. The van der Waals surface area contributed by atoms with Gasteiger partial charge in [-0.25, -0.2) is 0 Å². The number of hydrogen-bond acceptors (Lipinski definition) is 3. The Balaban J connectivity index is 2.70. The number of likely N-dealkylation sites (tertiary alicyclic amines) is 1. The number of aliphatic hydroxyl groups is 1. The highest BCUT2D eigenvalue weighted by molar-refractivity contribution is 5.85. The van der Waals surface area contributed by atoms with Crippen molar-refractivity contribution in [1.29, 1.82) is 0 Å². The molecule has 4 heteroatoms. The molecule has 4 nitrogen and oxygen atoms in total. The Morgan fingerprint density at radius 3 is 2.75 bits per heavy atom. The minimum atomic E-state index is -0.528. The fraction of sp³-hybridized carbons (Fsp3) is 0.917. The zero-order chi connectivity index (χ0) is 12.2. The summed E-state index contributed by atoms with van der Waals surface area (Å²) in [5.74, 6) is 0.105. The molecule has 0 aliphatic carbocycles. The highest BCUT2D eigenvalue weighted by Crippen LogP contribution is 2.20. The second-order valence-corrected chi connectivity index (χ2v) is 4.99. The van der Waals surface area contributed by atoms with Gasteiger partial charge in [-0.2, -0.15) is 0 Å². The number of rotatable bonds is 4. The van der Waals surface area contributed by atoms with Crippen molar-refractivity contribution in [2.75, 3.05) is 19.7 Å². The molecule has 1 aliphatic heterocycles. The number of nitrogens with zero attached hydrogens (tertiary/aromatic N) is 1. The van der Waals surface area contributed by atoms with Crippen molar-refractivity contribution in [2.24, 2.45) is 0 Å². The maximum Gasteiger partial charge on any atom is 0.242 e. The second-order valence-electron chi connectivity index (χ2n) is 4.99. The molecule has 1 heterocycles. The van der Waals surface area contributed by atoms with Crippen LogP contribution in [0, 0.1) is 0 Å². The molecule has 0 aromatic carbocycles. The molecule has 1 fully saturated rings. The van der Waals surface area contributed by atoms with E-state index in [4.69, 9.17) is 0 Å². The van der Waals surface area contributed by atoms with Crippen molar-refractivity contribution in [2.45, 2.75) is 51.6 Å². The Hall–Kier alpha value is -0.610. The first-order valence-electron chi connectivity index (χ1n) is 6.20. The van der Waals surface area contributed by atoms with Gasteiger partial charge in [0.1, 0.15) is 0 Å². The largest absolute Gasteiger partial charge is 0.394 e. The van der Waals surface area contributed by atoms with Crippen LogP contribution in [0.3, 0.4) is 0 Å². The van der Waals surface area contributed by atoms with E-state index >= 15 is 0 Å². The first kappa shape index (κ1) is 13.5. The topological polar surface area (TPSA) is 52.6 Å². The molecule has 0 aromatic heterocycles. The van der Waals surface area contributed by atoms with Crippen molar-refractivity contribution in [3.05, 3.63) is 0 Å². The van der Waals surface area contributed by atoms with Crippen molar-refractivity contribution >= 4 is 5.91 Å². The highest BCUT2D eigenvalue weighted by atomic mass is 16.3. The van der Waals surface area contributed by atoms with Crippen LogP contribution in [-0.4, -0.2) is 47.2 Å². The summed E-state index contributed by atoms with van der Waals surface area (Å²) in [6.45, 7) is 7.43. The van der Waals surface area contributed by atoms with Gasteiger partial charge in [0.15, 0.2) is 0 Å². The standard InChI is InChI=1S/C12H24N2O2/c1-4-13-12(2,3)11(16)14-8-6-5-7-10(14)9-15/h10,13,15H,4-9H2,1-3H3. The SMILES string of the molecule is CCNC(C)(C)C(=O)N1CCCCC1CO. The van der Waals surface area contributed by atoms with E-state index in [0.29, 0.717) is 0 Å². The predicted molar refractivity (Wildman–Crippen MR) is 64.2 cm³/mol. The molecule has 1 rings (SSSR count). The lowest BCUT2D eigenvalue weighted by molar-refractivity contribution is -0.142. The number of nitrogens with one attached hydrogen (secondary N) is 1. The molecule has 0 spiro atoms. The molecular weight excluding hydrogens is 204 g/mol. The van der Waals surface area contributed by atoms with Gasteiger partial charge >= 0.3 is 0 Å². The molecular formula is C12H24N2O2. The maximum atomic E-state index is 12.3. The Bertz CT molecular complexity index is 241. The number of carbonyl (C=O) groups excluding carboxylic acids is 1. The van der Waals surface area contributed by atoms with E-state index in [1.165, 1.54) is 0 Å². The van der Waals surface area contributed by atoms with E-state index in [1.54, 1.807) is 0 Å². The Morgan fingerprint density at radius 1 is 1.50 bits per heavy atom. The lowest BCUT2D eigenvalue weighted by Crippen LogP contribution is -2.58. The molecule has 1 aliphatic rings. The monoisotopic (exact) mass is 228 g/mol. The van der Waals surface area contributed by atoms with Crippen LogP contribution in [0.2, 0.25) is 0 Å². The number of hydrogen-bond donors (Lipinski definition) is 2. The van der Waals surface area contributed by atoms with E-state index < -0.39 is 5.54 Å². The van der Waals surface area contributed by atoms with Crippen LogP contribution >= 0.6 is 0 Å². The Kier molecular flexibility index (Phi) is 4.74. The van der Waals surface area contributed by atoms with Crippen LogP contribution < -0.4 is 5.32 Å². The van der Waals surface area contributed by atoms with Gasteiger partial charge in [-0.1, -0.05) is 6.92 Å². The van der Waals surface area contributed by atoms with Crippen LogP contribution in [0.15, 0.2) is 0 Å². The first-order valence-corrected chi connectivity index (χ1v) is 6.20. The van der Waals surface area contributed by atoms with Crippen molar-refractivity contribution in [3.63, 3.8) is 0 Å². The van der Waals surface area contributed by atoms with E-state index in [9.17, 15) is 9.90 Å². The molecule has 1 unspecified atom stereocenters. The van der Waals surface area contributed by atoms with Crippen LogP contribution in [0.5, 0.6) is 0 Å². The van der Waals surface area contributed by atoms with Crippen molar-refractivity contribution in [3.8, 4) is 0 Å². The van der Waals surface area contributed by atoms with Crippen LogP contribution in [-0.2, 0) is 4.79 Å². The summed E-state index contributed by atoms with van der Waals surface area (Å²) in [6.07, 6.45) is 3.07. The molecule has 2 N–H and O–H groups in total. The summed E-state index contributed by atoms with van der Waals surface area (Å²) >= 11 is 0. The molecule has 0 radical (unpaired) electrons. The summed E-state index contributed by atoms with van der Waals surface area (Å²) in [7, 11) is 0. The normalized spacial score (nSPS) is 22.2. The molecule has 0 aromatic rings. The van der Waals surface area contributed by atoms with E-state index in [1.807, 2.05) is 25.7 Å². The van der Waals surface area contributed by atoms with Gasteiger partial charge in [-0.15, -0.1) is 0 Å². The third kappa shape index (κ3) is 2.95. The summed E-state index contributed by atoms with van der Waals surface area (Å²) < 4.78 is 0. The number of carbonyl (C=O) groups is 1. The zero-order valence-corrected chi connectivity index (χ0v) is 10.6. The number of amides is 1. The number of piperidine rings is 1. The van der Waals surface area contributed by atoms with Gasteiger partial charge in [0.05, 0.1) is 18.2 Å². The highest BCUT2D eigenvalue weighted by Gasteiger charge is 2.35. The average molecular weight is 228 g/mol. The molecule has 0 saturated carbocycles. The summed E-state index contributed by atoms with van der Waals surface area (Å²) in [6, 6.07) is 0.0131. The fourth-order valence-corrected chi connectivity index (χ4v) is 2.33. The van der Waals surface area contributed by atoms with Gasteiger partial charge < -0.3 is 15.3 Å². The van der Waals surface area contributed by atoms with Crippen molar-refractivity contribution in [1.82, 2.24) is 10.2 Å². The third-order valence-corrected chi connectivity index (χ3v) is 3.25. The molecule has 16 heavy (non-hydrogen) atoms. The summed E-state index contributed by atoms with van der Waals surface area (Å²) in [5.41, 5.74) is -0.528. The van der Waals surface area contributed by atoms with Gasteiger partial charge in [0, 0.05) is 6.54 Å². The Morgan fingerprint density at radius 2 is 2.19 bits per heavy atom. The van der Waals surface area contributed by atoms with Crippen LogP contribution in [0.4, 0.5) is 0 Å². The Labute approximate surface area is 98.0 Å². The van der Waals surface area contributed by atoms with E-state index in [2.05, 4.69) is 5.32 Å². The molecule has 1 amide bonds. The minimum Gasteiger partial charge on any atom is -0.394 e. The molecule has 1 saturated heterocycles. The lowest BCUT2D eigenvalue weighted by Gasteiger charge is -2.39. The first-order chi connectivity index (χ1) is 7.53. The number of likely N-dealkylation sites (N-methyl/N-ethyl adjacent to an activating group) is 1. The summed E-state index contributed by atoms with van der Waals surface area (Å²) in [4.78, 5) is 14.2.